The Balaban J connectivity index is 2.01. The van der Waals surface area contributed by atoms with E-state index in [1.54, 1.807) is 0 Å². The third-order valence-corrected chi connectivity index (χ3v) is 4.64. The van der Waals surface area contributed by atoms with Crippen molar-refractivity contribution in [2.24, 2.45) is 5.92 Å². The van der Waals surface area contributed by atoms with Crippen molar-refractivity contribution >= 4 is 10.8 Å². The van der Waals surface area contributed by atoms with Gasteiger partial charge in [0.25, 0.3) is 0 Å². The lowest BCUT2D eigenvalue weighted by atomic mass is 10.0. The van der Waals surface area contributed by atoms with Crippen molar-refractivity contribution in [2.45, 2.75) is 39.7 Å². The van der Waals surface area contributed by atoms with Crippen molar-refractivity contribution in [1.29, 1.82) is 0 Å². The third kappa shape index (κ3) is 7.17. The van der Waals surface area contributed by atoms with Gasteiger partial charge in [-0.2, -0.15) is 0 Å². The second-order valence-electron chi connectivity index (χ2n) is 5.52. The molecule has 0 spiro atoms. The van der Waals surface area contributed by atoms with Crippen LogP contribution in [0.25, 0.3) is 0 Å². The van der Waals surface area contributed by atoms with Crippen LogP contribution in [0.5, 0.6) is 0 Å². The molecule has 0 bridgehead atoms. The van der Waals surface area contributed by atoms with Gasteiger partial charge in [0.2, 0.25) is 0 Å². The standard InChI is InChI=1S/C13H28N2OS/c1-12(2)4-5-13(3)14-6-7-15-8-10-17(16)11-9-15/h12-14H,4-11H2,1-3H3. The maximum absolute atomic E-state index is 11.2. The predicted molar refractivity (Wildman–Crippen MR) is 75.9 cm³/mol. The lowest BCUT2D eigenvalue weighted by Crippen LogP contribution is -2.42. The van der Waals surface area contributed by atoms with Crippen molar-refractivity contribution in [3.63, 3.8) is 0 Å². The summed E-state index contributed by atoms with van der Waals surface area (Å²) in [7, 11) is -0.546. The van der Waals surface area contributed by atoms with E-state index < -0.39 is 10.8 Å². The minimum atomic E-state index is -0.546. The minimum Gasteiger partial charge on any atom is -0.313 e. The van der Waals surface area contributed by atoms with Crippen molar-refractivity contribution in [1.82, 2.24) is 10.2 Å². The van der Waals surface area contributed by atoms with Crippen LogP contribution in [-0.2, 0) is 10.8 Å². The van der Waals surface area contributed by atoms with Gasteiger partial charge in [-0.25, -0.2) is 0 Å². The van der Waals surface area contributed by atoms with Crippen molar-refractivity contribution < 1.29 is 4.21 Å². The quantitative estimate of drug-likeness (QED) is 0.752. The van der Waals surface area contributed by atoms with Crippen LogP contribution in [0, 0.1) is 5.92 Å². The van der Waals surface area contributed by atoms with Crippen LogP contribution in [0.15, 0.2) is 0 Å². The molecule has 17 heavy (non-hydrogen) atoms. The summed E-state index contributed by atoms with van der Waals surface area (Å²) in [4.78, 5) is 2.42. The molecule has 0 saturated carbocycles. The fourth-order valence-corrected chi connectivity index (χ4v) is 3.18. The Hall–Kier alpha value is 0.0700. The van der Waals surface area contributed by atoms with E-state index in [0.717, 1.165) is 43.6 Å². The predicted octanol–water partition coefficient (Wildman–Crippen LogP) is 1.47. The van der Waals surface area contributed by atoms with Gasteiger partial charge in [-0.05, 0) is 25.7 Å². The molecular weight excluding hydrogens is 232 g/mol. The average Bonchev–Trinajstić information content (AvgIpc) is 2.29. The molecule has 1 saturated heterocycles. The van der Waals surface area contributed by atoms with Gasteiger partial charge in [0.05, 0.1) is 0 Å². The zero-order chi connectivity index (χ0) is 12.7. The van der Waals surface area contributed by atoms with Crippen molar-refractivity contribution in [3.05, 3.63) is 0 Å². The topological polar surface area (TPSA) is 32.3 Å². The van der Waals surface area contributed by atoms with Crippen LogP contribution < -0.4 is 5.32 Å². The van der Waals surface area contributed by atoms with Gasteiger partial charge < -0.3 is 10.2 Å². The Morgan fingerprint density at radius 2 is 1.82 bits per heavy atom. The summed E-state index contributed by atoms with van der Waals surface area (Å²) in [6, 6.07) is 0.622. The van der Waals surface area contributed by atoms with Crippen LogP contribution in [0.4, 0.5) is 0 Å². The maximum Gasteiger partial charge on any atom is 0.0363 e. The van der Waals surface area contributed by atoms with Gasteiger partial charge in [0.15, 0.2) is 0 Å². The molecule has 1 N–H and O–H groups in total. The monoisotopic (exact) mass is 260 g/mol. The Morgan fingerprint density at radius 1 is 1.18 bits per heavy atom. The highest BCUT2D eigenvalue weighted by Gasteiger charge is 2.14. The Morgan fingerprint density at radius 3 is 2.41 bits per heavy atom. The molecule has 0 aliphatic carbocycles. The van der Waals surface area contributed by atoms with Crippen LogP contribution >= 0.6 is 0 Å². The van der Waals surface area contributed by atoms with Gasteiger partial charge in [-0.1, -0.05) is 13.8 Å². The van der Waals surface area contributed by atoms with E-state index in [4.69, 9.17) is 0 Å². The van der Waals surface area contributed by atoms with E-state index in [-0.39, 0.29) is 0 Å². The summed E-state index contributed by atoms with van der Waals surface area (Å²) in [6.07, 6.45) is 2.57. The van der Waals surface area contributed by atoms with Crippen LogP contribution in [-0.4, -0.2) is 52.8 Å². The van der Waals surface area contributed by atoms with Gasteiger partial charge in [0, 0.05) is 54.5 Å². The Labute approximate surface area is 109 Å². The fourth-order valence-electron chi connectivity index (χ4n) is 2.05. The zero-order valence-corrected chi connectivity index (χ0v) is 12.4. The van der Waals surface area contributed by atoms with Gasteiger partial charge in [0.1, 0.15) is 0 Å². The number of nitrogens with zero attached hydrogens (tertiary/aromatic N) is 1. The summed E-state index contributed by atoms with van der Waals surface area (Å²) >= 11 is 0. The third-order valence-electron chi connectivity index (χ3n) is 3.37. The lowest BCUT2D eigenvalue weighted by Gasteiger charge is -2.26. The maximum atomic E-state index is 11.2. The van der Waals surface area contributed by atoms with E-state index >= 15 is 0 Å². The normalized spacial score (nSPS) is 20.9. The van der Waals surface area contributed by atoms with E-state index in [1.165, 1.54) is 12.8 Å². The van der Waals surface area contributed by atoms with E-state index in [0.29, 0.717) is 6.04 Å². The second kappa shape index (κ2) is 8.22. The molecule has 1 aliphatic rings. The molecule has 1 atom stereocenters. The number of rotatable bonds is 7. The average molecular weight is 260 g/mol. The molecule has 4 heteroatoms. The summed E-state index contributed by atoms with van der Waals surface area (Å²) in [5.41, 5.74) is 0. The molecule has 102 valence electrons. The smallest absolute Gasteiger partial charge is 0.0363 e. The van der Waals surface area contributed by atoms with E-state index in [1.807, 2.05) is 0 Å². The molecule has 1 fully saturated rings. The molecule has 0 amide bonds. The van der Waals surface area contributed by atoms with Crippen LogP contribution in [0.2, 0.25) is 0 Å². The fraction of sp³-hybridized carbons (Fsp3) is 1.00. The van der Waals surface area contributed by atoms with Crippen molar-refractivity contribution in [2.75, 3.05) is 37.7 Å². The highest BCUT2D eigenvalue weighted by atomic mass is 32.2. The molecule has 1 heterocycles. The summed E-state index contributed by atoms with van der Waals surface area (Å²) in [6.45, 7) is 11.0. The molecule has 0 radical (unpaired) electrons. The highest BCUT2D eigenvalue weighted by Crippen LogP contribution is 2.06. The Kier molecular flexibility index (Phi) is 7.32. The Bertz CT molecular complexity index is 223. The van der Waals surface area contributed by atoms with Gasteiger partial charge in [-0.15, -0.1) is 0 Å². The van der Waals surface area contributed by atoms with E-state index in [9.17, 15) is 4.21 Å². The van der Waals surface area contributed by atoms with Crippen molar-refractivity contribution in [3.8, 4) is 0 Å². The number of hydrogen-bond donors (Lipinski definition) is 1. The first-order valence-corrected chi connectivity index (χ1v) is 8.37. The second-order valence-corrected chi connectivity index (χ2v) is 7.21. The molecule has 3 nitrogen and oxygen atoms in total. The lowest BCUT2D eigenvalue weighted by molar-refractivity contribution is 0.291. The first-order valence-electron chi connectivity index (χ1n) is 6.88. The molecule has 0 aromatic carbocycles. The number of hydrogen-bond acceptors (Lipinski definition) is 3. The molecule has 1 rings (SSSR count). The minimum absolute atomic E-state index is 0.546. The summed E-state index contributed by atoms with van der Waals surface area (Å²) in [5, 5.41) is 3.58. The zero-order valence-electron chi connectivity index (χ0n) is 11.6. The largest absolute Gasteiger partial charge is 0.313 e. The van der Waals surface area contributed by atoms with Gasteiger partial charge in [-0.3, -0.25) is 4.21 Å². The molecule has 1 aliphatic heterocycles. The molecular formula is C13H28N2OS. The molecule has 0 aromatic heterocycles. The summed E-state index contributed by atoms with van der Waals surface area (Å²) < 4.78 is 11.2. The van der Waals surface area contributed by atoms with Crippen LogP contribution in [0.3, 0.4) is 0 Å². The number of nitrogens with one attached hydrogen (secondary N) is 1. The molecule has 1 unspecified atom stereocenters. The first kappa shape index (κ1) is 15.1. The van der Waals surface area contributed by atoms with Crippen LogP contribution in [0.1, 0.15) is 33.6 Å². The van der Waals surface area contributed by atoms with Gasteiger partial charge >= 0.3 is 0 Å². The van der Waals surface area contributed by atoms with E-state index in [2.05, 4.69) is 31.0 Å². The summed E-state index contributed by atoms with van der Waals surface area (Å²) in [5.74, 6) is 2.53. The molecule has 0 aromatic rings. The first-order chi connectivity index (χ1) is 8.08. The highest BCUT2D eigenvalue weighted by molar-refractivity contribution is 7.85. The SMILES string of the molecule is CC(C)CCC(C)NCCN1CCS(=O)CC1.